The van der Waals surface area contributed by atoms with Crippen molar-refractivity contribution in [3.8, 4) is 0 Å². The predicted molar refractivity (Wildman–Crippen MR) is 85.2 cm³/mol. The fourth-order valence-corrected chi connectivity index (χ4v) is 3.18. The van der Waals surface area contributed by atoms with E-state index in [-0.39, 0.29) is 5.97 Å². The summed E-state index contributed by atoms with van der Waals surface area (Å²) in [5, 5.41) is 3.58. The maximum absolute atomic E-state index is 12.4. The predicted octanol–water partition coefficient (Wildman–Crippen LogP) is 3.70. The number of benzene rings is 1. The zero-order valence-corrected chi connectivity index (χ0v) is 13.4. The monoisotopic (exact) mass is 289 g/mol. The topological polar surface area (TPSA) is 38.3 Å². The number of aryl methyl sites for hydroxylation is 1. The van der Waals surface area contributed by atoms with Crippen molar-refractivity contribution < 1.29 is 9.53 Å². The number of hydrogen-bond donors (Lipinski definition) is 1. The summed E-state index contributed by atoms with van der Waals surface area (Å²) in [6.45, 7) is 3.99. The van der Waals surface area contributed by atoms with Crippen LogP contribution in [0.25, 0.3) is 0 Å². The van der Waals surface area contributed by atoms with Crippen LogP contribution in [0.4, 0.5) is 0 Å². The zero-order valence-electron chi connectivity index (χ0n) is 13.4. The Morgan fingerprint density at radius 1 is 1.14 bits per heavy atom. The highest BCUT2D eigenvalue weighted by Gasteiger charge is 2.38. The van der Waals surface area contributed by atoms with Crippen molar-refractivity contribution in [2.45, 2.75) is 64.0 Å². The number of methoxy groups -OCH3 is 1. The van der Waals surface area contributed by atoms with E-state index in [1.54, 1.807) is 0 Å². The van der Waals surface area contributed by atoms with Crippen molar-refractivity contribution in [3.63, 3.8) is 0 Å². The van der Waals surface area contributed by atoms with Crippen LogP contribution in [0.2, 0.25) is 0 Å². The summed E-state index contributed by atoms with van der Waals surface area (Å²) in [6.07, 6.45) is 7.36. The summed E-state index contributed by atoms with van der Waals surface area (Å²) in [7, 11) is 1.46. The van der Waals surface area contributed by atoms with E-state index in [1.807, 2.05) is 31.2 Å². The van der Waals surface area contributed by atoms with E-state index < -0.39 is 5.54 Å². The third kappa shape index (κ3) is 3.85. The quantitative estimate of drug-likeness (QED) is 0.678. The van der Waals surface area contributed by atoms with Crippen molar-refractivity contribution in [1.29, 1.82) is 0 Å². The van der Waals surface area contributed by atoms with Crippen LogP contribution in [0.1, 0.15) is 56.6 Å². The van der Waals surface area contributed by atoms with E-state index in [1.165, 1.54) is 38.4 Å². The first-order chi connectivity index (χ1) is 10.1. The van der Waals surface area contributed by atoms with E-state index in [0.717, 1.165) is 18.4 Å². The van der Waals surface area contributed by atoms with Gasteiger partial charge in [0, 0.05) is 6.04 Å². The maximum atomic E-state index is 12.4. The first-order valence-corrected chi connectivity index (χ1v) is 7.99. The van der Waals surface area contributed by atoms with Crippen molar-refractivity contribution in [2.24, 2.45) is 0 Å². The lowest BCUT2D eigenvalue weighted by Crippen LogP contribution is -2.51. The summed E-state index contributed by atoms with van der Waals surface area (Å²) >= 11 is 0. The Kier molecular flexibility index (Phi) is 5.40. The van der Waals surface area contributed by atoms with Crippen molar-refractivity contribution >= 4 is 5.97 Å². The van der Waals surface area contributed by atoms with Crippen LogP contribution in [0.5, 0.6) is 0 Å². The van der Waals surface area contributed by atoms with Gasteiger partial charge in [0.25, 0.3) is 0 Å². The van der Waals surface area contributed by atoms with Crippen LogP contribution in [0, 0.1) is 6.92 Å². The van der Waals surface area contributed by atoms with Crippen LogP contribution in [-0.2, 0) is 15.1 Å². The van der Waals surface area contributed by atoms with Gasteiger partial charge in [-0.2, -0.15) is 0 Å². The summed E-state index contributed by atoms with van der Waals surface area (Å²) in [4.78, 5) is 12.4. The molecule has 1 atom stereocenters. The highest BCUT2D eigenvalue weighted by atomic mass is 16.5. The Morgan fingerprint density at radius 2 is 1.71 bits per heavy atom. The van der Waals surface area contributed by atoms with E-state index in [4.69, 9.17) is 4.74 Å². The van der Waals surface area contributed by atoms with Gasteiger partial charge in [0.05, 0.1) is 7.11 Å². The lowest BCUT2D eigenvalue weighted by atomic mass is 9.89. The molecule has 1 aliphatic carbocycles. The minimum atomic E-state index is -0.766. The number of hydrogen-bond acceptors (Lipinski definition) is 3. The molecule has 0 aromatic heterocycles. The molecular formula is C18H27NO2. The summed E-state index contributed by atoms with van der Waals surface area (Å²) in [6, 6.07) is 8.53. The Bertz CT molecular complexity index is 461. The van der Waals surface area contributed by atoms with Gasteiger partial charge in [-0.1, -0.05) is 55.5 Å². The van der Waals surface area contributed by atoms with Gasteiger partial charge in [0.2, 0.25) is 0 Å². The molecule has 3 heteroatoms. The van der Waals surface area contributed by atoms with E-state index >= 15 is 0 Å². The molecule has 116 valence electrons. The van der Waals surface area contributed by atoms with Crippen molar-refractivity contribution in [3.05, 3.63) is 35.4 Å². The fraction of sp³-hybridized carbons (Fsp3) is 0.611. The molecule has 3 nitrogen and oxygen atoms in total. The molecule has 1 unspecified atom stereocenters. The molecule has 2 rings (SSSR count). The molecule has 0 aliphatic heterocycles. The van der Waals surface area contributed by atoms with Gasteiger partial charge in [0.15, 0.2) is 0 Å². The minimum Gasteiger partial charge on any atom is -0.467 e. The molecule has 1 fully saturated rings. The first kappa shape index (κ1) is 16.0. The smallest absolute Gasteiger partial charge is 0.330 e. The molecule has 0 saturated heterocycles. The molecule has 0 heterocycles. The number of rotatable bonds is 4. The van der Waals surface area contributed by atoms with E-state index in [2.05, 4.69) is 12.2 Å². The Balaban J connectivity index is 2.23. The van der Waals surface area contributed by atoms with Gasteiger partial charge < -0.3 is 4.74 Å². The van der Waals surface area contributed by atoms with Crippen molar-refractivity contribution in [2.75, 3.05) is 7.11 Å². The SMILES string of the molecule is COC(=O)C(C)(NC1CCCCCC1)c1ccc(C)cc1. The average Bonchev–Trinajstić information content (AvgIpc) is 2.75. The molecule has 21 heavy (non-hydrogen) atoms. The number of esters is 1. The second-order valence-electron chi connectivity index (χ2n) is 6.32. The molecule has 0 radical (unpaired) electrons. The average molecular weight is 289 g/mol. The van der Waals surface area contributed by atoms with Gasteiger partial charge in [0.1, 0.15) is 5.54 Å². The van der Waals surface area contributed by atoms with Crippen LogP contribution >= 0.6 is 0 Å². The highest BCUT2D eigenvalue weighted by molar-refractivity contribution is 5.82. The third-order valence-electron chi connectivity index (χ3n) is 4.57. The second-order valence-corrected chi connectivity index (χ2v) is 6.32. The van der Waals surface area contributed by atoms with E-state index in [9.17, 15) is 4.79 Å². The highest BCUT2D eigenvalue weighted by Crippen LogP contribution is 2.27. The Hall–Kier alpha value is -1.35. The summed E-state index contributed by atoms with van der Waals surface area (Å²) < 4.78 is 5.07. The third-order valence-corrected chi connectivity index (χ3v) is 4.57. The normalized spacial score (nSPS) is 19.6. The van der Waals surface area contributed by atoms with E-state index in [0.29, 0.717) is 6.04 Å². The van der Waals surface area contributed by atoms with Crippen LogP contribution in [-0.4, -0.2) is 19.1 Å². The van der Waals surface area contributed by atoms with Gasteiger partial charge in [-0.15, -0.1) is 0 Å². The molecule has 1 N–H and O–H groups in total. The molecule has 1 aliphatic rings. The van der Waals surface area contributed by atoms with Crippen LogP contribution < -0.4 is 5.32 Å². The minimum absolute atomic E-state index is 0.212. The first-order valence-electron chi connectivity index (χ1n) is 7.99. The Morgan fingerprint density at radius 3 is 2.24 bits per heavy atom. The van der Waals surface area contributed by atoms with Crippen LogP contribution in [0.3, 0.4) is 0 Å². The maximum Gasteiger partial charge on any atom is 0.330 e. The summed E-state index contributed by atoms with van der Waals surface area (Å²) in [5.41, 5.74) is 1.40. The number of carbonyl (C=O) groups is 1. The standard InChI is InChI=1S/C18H27NO2/c1-14-10-12-15(13-11-14)18(2,17(20)21-3)19-16-8-6-4-5-7-9-16/h10-13,16,19H,4-9H2,1-3H3. The van der Waals surface area contributed by atoms with Gasteiger partial charge in [-0.25, -0.2) is 4.79 Å². The van der Waals surface area contributed by atoms with Gasteiger partial charge in [-0.3, -0.25) is 5.32 Å². The number of ether oxygens (including phenoxy) is 1. The Labute approximate surface area is 128 Å². The summed E-state index contributed by atoms with van der Waals surface area (Å²) in [5.74, 6) is -0.212. The molecule has 0 amide bonds. The van der Waals surface area contributed by atoms with Gasteiger partial charge in [-0.05, 0) is 32.3 Å². The fourth-order valence-electron chi connectivity index (χ4n) is 3.18. The van der Waals surface area contributed by atoms with Crippen LogP contribution in [0.15, 0.2) is 24.3 Å². The largest absolute Gasteiger partial charge is 0.467 e. The molecule has 1 aromatic carbocycles. The van der Waals surface area contributed by atoms with Gasteiger partial charge >= 0.3 is 5.97 Å². The number of nitrogens with one attached hydrogen (secondary N) is 1. The second kappa shape index (κ2) is 7.08. The van der Waals surface area contributed by atoms with Crippen molar-refractivity contribution in [1.82, 2.24) is 5.32 Å². The molecule has 0 bridgehead atoms. The number of carbonyl (C=O) groups excluding carboxylic acids is 1. The lowest BCUT2D eigenvalue weighted by Gasteiger charge is -2.33. The molecule has 1 aromatic rings. The lowest BCUT2D eigenvalue weighted by molar-refractivity contribution is -0.148. The molecular weight excluding hydrogens is 262 g/mol. The molecule has 0 spiro atoms. The molecule has 1 saturated carbocycles. The zero-order chi connectivity index (χ0) is 15.3.